The first-order valence-electron chi connectivity index (χ1n) is 6.44. The number of halogens is 1. The Labute approximate surface area is 132 Å². The molecule has 1 atom stereocenters. The van der Waals surface area contributed by atoms with Gasteiger partial charge in [0.05, 0.1) is 5.75 Å². The Balaban J connectivity index is 0.00000400. The summed E-state index contributed by atoms with van der Waals surface area (Å²) in [4.78, 5) is 11.8. The number of nitrogens with one attached hydrogen (secondary N) is 3. The second kappa shape index (κ2) is 8.86. The number of hydrogen-bond donors (Lipinski definition) is 3. The van der Waals surface area contributed by atoms with Gasteiger partial charge in [0.25, 0.3) is 0 Å². The zero-order valence-electron chi connectivity index (χ0n) is 12.3. The van der Waals surface area contributed by atoms with Crippen molar-refractivity contribution in [1.29, 1.82) is 0 Å². The quantitative estimate of drug-likeness (QED) is 0.707. The standard InChI is InChI=1S/C13H21N3O3S.ClH/c1-4-20(18,19)16-12-7-5-11(6-8-12)15-13(17)10(2)9-14-3;/h5-8,10,14,16H,4,9H2,1-3H3,(H,15,17);1H. The van der Waals surface area contributed by atoms with Crippen molar-refractivity contribution in [3.8, 4) is 0 Å². The largest absolute Gasteiger partial charge is 0.326 e. The topological polar surface area (TPSA) is 87.3 Å². The van der Waals surface area contributed by atoms with E-state index in [1.54, 1.807) is 38.2 Å². The molecule has 0 fully saturated rings. The Kier molecular flexibility index (Phi) is 8.31. The van der Waals surface area contributed by atoms with Crippen LogP contribution in [0.25, 0.3) is 0 Å². The second-order valence-corrected chi connectivity index (χ2v) is 6.54. The summed E-state index contributed by atoms with van der Waals surface area (Å²) in [6.07, 6.45) is 0. The fourth-order valence-electron chi connectivity index (χ4n) is 1.54. The SMILES string of the molecule is CCS(=O)(=O)Nc1ccc(NC(=O)C(C)CNC)cc1.Cl. The Morgan fingerprint density at radius 3 is 2.19 bits per heavy atom. The van der Waals surface area contributed by atoms with Gasteiger partial charge in [0, 0.05) is 23.8 Å². The van der Waals surface area contributed by atoms with Gasteiger partial charge in [0.1, 0.15) is 0 Å². The minimum Gasteiger partial charge on any atom is -0.326 e. The van der Waals surface area contributed by atoms with Crippen LogP contribution in [-0.2, 0) is 14.8 Å². The number of anilines is 2. The van der Waals surface area contributed by atoms with Crippen molar-refractivity contribution in [3.63, 3.8) is 0 Å². The first-order chi connectivity index (χ1) is 9.38. The first kappa shape index (κ1) is 19.7. The van der Waals surface area contributed by atoms with E-state index in [0.717, 1.165) is 0 Å². The second-order valence-electron chi connectivity index (χ2n) is 4.53. The molecule has 6 nitrogen and oxygen atoms in total. The van der Waals surface area contributed by atoms with Crippen LogP contribution in [0, 0.1) is 5.92 Å². The van der Waals surface area contributed by atoms with Gasteiger partial charge in [-0.25, -0.2) is 8.42 Å². The van der Waals surface area contributed by atoms with E-state index < -0.39 is 10.0 Å². The molecule has 3 N–H and O–H groups in total. The summed E-state index contributed by atoms with van der Waals surface area (Å²) in [6.45, 7) is 4.00. The highest BCUT2D eigenvalue weighted by Gasteiger charge is 2.12. The summed E-state index contributed by atoms with van der Waals surface area (Å²) < 4.78 is 25.3. The van der Waals surface area contributed by atoms with Gasteiger partial charge in [-0.1, -0.05) is 6.92 Å². The average molecular weight is 336 g/mol. The van der Waals surface area contributed by atoms with Gasteiger partial charge in [0.15, 0.2) is 0 Å². The Morgan fingerprint density at radius 2 is 1.71 bits per heavy atom. The zero-order chi connectivity index (χ0) is 15.2. The third kappa shape index (κ3) is 6.79. The van der Waals surface area contributed by atoms with Crippen LogP contribution in [0.4, 0.5) is 11.4 Å². The fraction of sp³-hybridized carbons (Fsp3) is 0.462. The number of carbonyl (C=O) groups is 1. The van der Waals surface area contributed by atoms with E-state index in [2.05, 4.69) is 15.4 Å². The minimum absolute atomic E-state index is 0. The molecule has 0 aliphatic rings. The van der Waals surface area contributed by atoms with Crippen molar-refractivity contribution in [2.24, 2.45) is 5.92 Å². The number of carbonyl (C=O) groups excluding carboxylic acids is 1. The average Bonchev–Trinajstić information content (AvgIpc) is 2.41. The molecule has 1 amide bonds. The number of rotatable bonds is 7. The maximum atomic E-state index is 11.8. The molecule has 1 unspecified atom stereocenters. The maximum absolute atomic E-state index is 11.8. The van der Waals surface area contributed by atoms with Crippen molar-refractivity contribution < 1.29 is 13.2 Å². The van der Waals surface area contributed by atoms with Crippen LogP contribution in [0.2, 0.25) is 0 Å². The maximum Gasteiger partial charge on any atom is 0.232 e. The number of hydrogen-bond acceptors (Lipinski definition) is 4. The van der Waals surface area contributed by atoms with E-state index in [9.17, 15) is 13.2 Å². The first-order valence-corrected chi connectivity index (χ1v) is 8.09. The lowest BCUT2D eigenvalue weighted by molar-refractivity contribution is -0.119. The molecule has 0 aliphatic carbocycles. The van der Waals surface area contributed by atoms with Crippen molar-refractivity contribution in [1.82, 2.24) is 5.32 Å². The summed E-state index contributed by atoms with van der Waals surface area (Å²) in [7, 11) is -1.48. The van der Waals surface area contributed by atoms with E-state index in [1.807, 2.05) is 6.92 Å². The third-order valence-electron chi connectivity index (χ3n) is 2.76. The number of amides is 1. The van der Waals surface area contributed by atoms with Gasteiger partial charge in [0.2, 0.25) is 15.9 Å². The van der Waals surface area contributed by atoms with E-state index in [4.69, 9.17) is 0 Å². The van der Waals surface area contributed by atoms with Crippen LogP contribution < -0.4 is 15.4 Å². The fourth-order valence-corrected chi connectivity index (χ4v) is 2.18. The summed E-state index contributed by atoms with van der Waals surface area (Å²) in [5, 5.41) is 5.71. The van der Waals surface area contributed by atoms with Crippen molar-refractivity contribution in [3.05, 3.63) is 24.3 Å². The van der Waals surface area contributed by atoms with Crippen LogP contribution >= 0.6 is 12.4 Å². The van der Waals surface area contributed by atoms with Crippen molar-refractivity contribution >= 4 is 39.7 Å². The van der Waals surface area contributed by atoms with E-state index in [-0.39, 0.29) is 30.0 Å². The summed E-state index contributed by atoms with van der Waals surface area (Å²) in [6, 6.07) is 6.56. The Hall–Kier alpha value is -1.31. The van der Waals surface area contributed by atoms with E-state index in [0.29, 0.717) is 17.9 Å². The highest BCUT2D eigenvalue weighted by Crippen LogP contribution is 2.15. The van der Waals surface area contributed by atoms with E-state index in [1.165, 1.54) is 0 Å². The smallest absolute Gasteiger partial charge is 0.232 e. The molecule has 0 aliphatic heterocycles. The summed E-state index contributed by atoms with van der Waals surface area (Å²) >= 11 is 0. The normalized spacial score (nSPS) is 12.1. The third-order valence-corrected chi connectivity index (χ3v) is 4.07. The molecular weight excluding hydrogens is 314 g/mol. The minimum atomic E-state index is -3.27. The van der Waals surface area contributed by atoms with Crippen LogP contribution in [0.15, 0.2) is 24.3 Å². The molecule has 120 valence electrons. The molecule has 0 saturated heterocycles. The van der Waals surface area contributed by atoms with Crippen LogP contribution in [0.5, 0.6) is 0 Å². The number of benzene rings is 1. The van der Waals surface area contributed by atoms with Gasteiger partial charge in [-0.2, -0.15) is 0 Å². The Morgan fingerprint density at radius 1 is 1.19 bits per heavy atom. The predicted molar refractivity (Wildman–Crippen MR) is 88.5 cm³/mol. The van der Waals surface area contributed by atoms with Crippen LogP contribution in [0.1, 0.15) is 13.8 Å². The van der Waals surface area contributed by atoms with Crippen molar-refractivity contribution in [2.75, 3.05) is 29.4 Å². The van der Waals surface area contributed by atoms with Gasteiger partial charge in [-0.3, -0.25) is 9.52 Å². The predicted octanol–water partition coefficient (Wildman–Crippen LogP) is 1.66. The Bertz CT molecular complexity index is 546. The van der Waals surface area contributed by atoms with Crippen molar-refractivity contribution in [2.45, 2.75) is 13.8 Å². The molecule has 0 bridgehead atoms. The number of sulfonamides is 1. The lowest BCUT2D eigenvalue weighted by Gasteiger charge is -2.12. The van der Waals surface area contributed by atoms with Gasteiger partial charge < -0.3 is 10.6 Å². The molecule has 1 rings (SSSR count). The zero-order valence-corrected chi connectivity index (χ0v) is 14.0. The molecular formula is C13H22ClN3O3S. The highest BCUT2D eigenvalue weighted by molar-refractivity contribution is 7.92. The summed E-state index contributed by atoms with van der Waals surface area (Å²) in [5.74, 6) is -0.202. The molecule has 0 saturated carbocycles. The summed E-state index contributed by atoms with van der Waals surface area (Å²) in [5.41, 5.74) is 1.12. The molecule has 0 heterocycles. The molecule has 8 heteroatoms. The van der Waals surface area contributed by atoms with Gasteiger partial charge in [-0.05, 0) is 38.2 Å². The molecule has 1 aromatic rings. The molecule has 0 aromatic heterocycles. The molecule has 0 radical (unpaired) electrons. The van der Waals surface area contributed by atoms with Crippen LogP contribution in [-0.4, -0.2) is 33.7 Å². The highest BCUT2D eigenvalue weighted by atomic mass is 35.5. The molecule has 0 spiro atoms. The molecule has 1 aromatic carbocycles. The lowest BCUT2D eigenvalue weighted by atomic mass is 10.1. The van der Waals surface area contributed by atoms with E-state index >= 15 is 0 Å². The lowest BCUT2D eigenvalue weighted by Crippen LogP contribution is -2.28. The molecule has 21 heavy (non-hydrogen) atoms. The van der Waals surface area contributed by atoms with Gasteiger partial charge in [-0.15, -0.1) is 12.4 Å². The van der Waals surface area contributed by atoms with Gasteiger partial charge >= 0.3 is 0 Å². The monoisotopic (exact) mass is 335 g/mol. The van der Waals surface area contributed by atoms with Crippen LogP contribution in [0.3, 0.4) is 0 Å².